The van der Waals surface area contributed by atoms with Crippen molar-refractivity contribution < 1.29 is 28.6 Å². The molecule has 6 heteroatoms. The van der Waals surface area contributed by atoms with Crippen molar-refractivity contribution in [2.75, 3.05) is 13.2 Å². The lowest BCUT2D eigenvalue weighted by molar-refractivity contribution is -0.167. The molecule has 0 spiro atoms. The average Bonchev–Trinajstić information content (AvgIpc) is 3.45. The number of esters is 3. The fourth-order valence-electron chi connectivity index (χ4n) is 9.24. The first kappa shape index (κ1) is 75.1. The zero-order chi connectivity index (χ0) is 57.1. The largest absolute Gasteiger partial charge is 0.462 e. The van der Waals surface area contributed by atoms with Crippen molar-refractivity contribution in [3.05, 3.63) is 109 Å². The number of rotatable bonds is 60. The SMILES string of the molecule is CC/C=C\C/C=C\C/C=C\C/C=C\C/C=C\C/C=C\CCCCCCCCCCCCCCC(=O)OCC(COC(=O)CCCCCCC/C=C\CCCCC)OC(=O)CCCCCCCCC/C=C\C/C=C\CCCCCC. The maximum absolute atomic E-state index is 12.9. The fraction of sp³-hybridized carbons (Fsp3) is 0.712. The van der Waals surface area contributed by atoms with E-state index in [1.54, 1.807) is 0 Å². The van der Waals surface area contributed by atoms with E-state index in [4.69, 9.17) is 14.2 Å². The van der Waals surface area contributed by atoms with Crippen molar-refractivity contribution in [1.82, 2.24) is 0 Å². The molecule has 0 amide bonds. The molecular weight excluding hydrogens is 973 g/mol. The molecule has 6 nitrogen and oxygen atoms in total. The van der Waals surface area contributed by atoms with Crippen molar-refractivity contribution >= 4 is 17.9 Å². The number of unbranched alkanes of at least 4 members (excludes halogenated alkanes) is 31. The summed E-state index contributed by atoms with van der Waals surface area (Å²) in [5, 5.41) is 0. The van der Waals surface area contributed by atoms with Gasteiger partial charge in [0.05, 0.1) is 0 Å². The predicted molar refractivity (Wildman–Crippen MR) is 343 cm³/mol. The summed E-state index contributed by atoms with van der Waals surface area (Å²) in [5.74, 6) is -0.894. The second kappa shape index (κ2) is 66.6. The third-order valence-electron chi connectivity index (χ3n) is 14.2. The van der Waals surface area contributed by atoms with E-state index in [2.05, 4.69) is 130 Å². The van der Waals surface area contributed by atoms with Gasteiger partial charge in [-0.25, -0.2) is 0 Å². The van der Waals surface area contributed by atoms with Crippen molar-refractivity contribution in [2.24, 2.45) is 0 Å². The van der Waals surface area contributed by atoms with Crippen LogP contribution in [0.25, 0.3) is 0 Å². The third-order valence-corrected chi connectivity index (χ3v) is 14.2. The first-order chi connectivity index (χ1) is 39.0. The number of hydrogen-bond donors (Lipinski definition) is 0. The van der Waals surface area contributed by atoms with Crippen LogP contribution >= 0.6 is 0 Å². The third kappa shape index (κ3) is 64.8. The summed E-state index contributed by atoms with van der Waals surface area (Å²) in [6, 6.07) is 0. The number of carbonyl (C=O) groups is 3. The van der Waals surface area contributed by atoms with Gasteiger partial charge in [0.1, 0.15) is 13.2 Å². The molecule has 0 saturated heterocycles. The molecule has 1 unspecified atom stereocenters. The van der Waals surface area contributed by atoms with Gasteiger partial charge in [0.2, 0.25) is 0 Å². The van der Waals surface area contributed by atoms with Gasteiger partial charge in [-0.2, -0.15) is 0 Å². The fourth-order valence-corrected chi connectivity index (χ4v) is 9.24. The van der Waals surface area contributed by atoms with E-state index in [1.807, 2.05) is 0 Å². The summed E-state index contributed by atoms with van der Waals surface area (Å²) < 4.78 is 16.9. The standard InChI is InChI=1S/C73H124O6/c1-4-7-10-13-16-19-22-25-27-29-31-32-33-34-35-36-37-38-39-40-41-42-43-45-46-48-51-54-57-60-63-66-72(75)78-69-70(68-77-71(74)65-62-59-56-53-50-24-21-18-15-12-9-6-3)79-73(76)67-64-61-58-55-52-49-47-44-30-28-26-23-20-17-14-11-8-5-2/h7,10,16,18-21,23,25,27-28,30-32,34-35,37-38,70H,4-6,8-9,11-15,17,22,24,26,29,33,36,39-69H2,1-3H3/b10-7-,19-16-,21-18-,23-20-,27-25-,30-28-,32-31-,35-34-,38-37-. The first-order valence-electron chi connectivity index (χ1n) is 33.4. The molecule has 0 aromatic carbocycles. The lowest BCUT2D eigenvalue weighted by atomic mass is 10.0. The first-order valence-corrected chi connectivity index (χ1v) is 33.4. The zero-order valence-electron chi connectivity index (χ0n) is 51.9. The van der Waals surface area contributed by atoms with E-state index >= 15 is 0 Å². The lowest BCUT2D eigenvalue weighted by Crippen LogP contribution is -2.30. The molecule has 0 aliphatic heterocycles. The Balaban J connectivity index is 4.25. The molecule has 0 fully saturated rings. The monoisotopic (exact) mass is 1100 g/mol. The molecule has 0 bridgehead atoms. The molecule has 1 atom stereocenters. The lowest BCUT2D eigenvalue weighted by Gasteiger charge is -2.18. The highest BCUT2D eigenvalue weighted by atomic mass is 16.6. The van der Waals surface area contributed by atoms with Gasteiger partial charge in [-0.3, -0.25) is 14.4 Å². The van der Waals surface area contributed by atoms with E-state index < -0.39 is 6.10 Å². The van der Waals surface area contributed by atoms with Crippen molar-refractivity contribution in [1.29, 1.82) is 0 Å². The van der Waals surface area contributed by atoms with E-state index in [9.17, 15) is 14.4 Å². The molecule has 0 rings (SSSR count). The minimum absolute atomic E-state index is 0.0839. The molecular formula is C73H124O6. The second-order valence-electron chi connectivity index (χ2n) is 22.0. The van der Waals surface area contributed by atoms with Crippen molar-refractivity contribution in [2.45, 2.75) is 322 Å². The molecule has 0 aromatic heterocycles. The summed E-state index contributed by atoms with van der Waals surface area (Å²) >= 11 is 0. The Morgan fingerprint density at radius 3 is 0.810 bits per heavy atom. The van der Waals surface area contributed by atoms with Gasteiger partial charge in [-0.15, -0.1) is 0 Å². The van der Waals surface area contributed by atoms with Crippen LogP contribution in [-0.2, 0) is 28.6 Å². The highest BCUT2D eigenvalue weighted by Gasteiger charge is 2.19. The number of carbonyl (C=O) groups excluding carboxylic acids is 3. The van der Waals surface area contributed by atoms with Crippen molar-refractivity contribution in [3.63, 3.8) is 0 Å². The summed E-state index contributed by atoms with van der Waals surface area (Å²) in [4.78, 5) is 38.3. The quantitative estimate of drug-likeness (QED) is 0.0261. The number of allylic oxidation sites excluding steroid dienone is 18. The Bertz CT molecular complexity index is 1590. The Kier molecular flexibility index (Phi) is 63.3. The molecule has 0 N–H and O–H groups in total. The summed E-state index contributed by atoms with van der Waals surface area (Å²) in [6.07, 6.45) is 91.0. The smallest absolute Gasteiger partial charge is 0.306 e. The Hall–Kier alpha value is -3.93. The van der Waals surface area contributed by atoms with Crippen LogP contribution in [0.4, 0.5) is 0 Å². The van der Waals surface area contributed by atoms with Gasteiger partial charge in [0, 0.05) is 19.3 Å². The highest BCUT2D eigenvalue weighted by molar-refractivity contribution is 5.71. The van der Waals surface area contributed by atoms with Gasteiger partial charge in [-0.05, 0) is 128 Å². The van der Waals surface area contributed by atoms with Crippen LogP contribution in [0.3, 0.4) is 0 Å². The minimum Gasteiger partial charge on any atom is -0.462 e. The summed E-state index contributed by atoms with van der Waals surface area (Å²) in [6.45, 7) is 6.49. The van der Waals surface area contributed by atoms with E-state index in [0.29, 0.717) is 19.3 Å². The van der Waals surface area contributed by atoms with Gasteiger partial charge in [-0.1, -0.05) is 278 Å². The molecule has 0 saturated carbocycles. The number of ether oxygens (including phenoxy) is 3. The Labute approximate surface area is 489 Å². The molecule has 0 aromatic rings. The zero-order valence-corrected chi connectivity index (χ0v) is 51.9. The topological polar surface area (TPSA) is 78.9 Å². The van der Waals surface area contributed by atoms with Crippen LogP contribution in [0.15, 0.2) is 109 Å². The van der Waals surface area contributed by atoms with Crippen LogP contribution < -0.4 is 0 Å². The van der Waals surface area contributed by atoms with Crippen molar-refractivity contribution in [3.8, 4) is 0 Å². The summed E-state index contributed by atoms with van der Waals surface area (Å²) in [5.41, 5.74) is 0. The van der Waals surface area contributed by atoms with E-state index in [1.165, 1.54) is 161 Å². The Morgan fingerprint density at radius 2 is 0.494 bits per heavy atom. The van der Waals surface area contributed by atoms with E-state index in [-0.39, 0.29) is 31.1 Å². The molecule has 0 aliphatic carbocycles. The van der Waals surface area contributed by atoms with Gasteiger partial charge >= 0.3 is 17.9 Å². The van der Waals surface area contributed by atoms with Gasteiger partial charge in [0.25, 0.3) is 0 Å². The molecule has 0 aliphatic rings. The molecule has 452 valence electrons. The molecule has 0 heterocycles. The average molecular weight is 1100 g/mol. The normalized spacial score (nSPS) is 12.8. The highest BCUT2D eigenvalue weighted by Crippen LogP contribution is 2.16. The summed E-state index contributed by atoms with van der Waals surface area (Å²) in [7, 11) is 0. The number of hydrogen-bond acceptors (Lipinski definition) is 6. The van der Waals surface area contributed by atoms with Crippen LogP contribution in [0.1, 0.15) is 316 Å². The maximum atomic E-state index is 12.9. The van der Waals surface area contributed by atoms with Crippen LogP contribution in [0, 0.1) is 0 Å². The predicted octanol–water partition coefficient (Wildman–Crippen LogP) is 23.0. The molecule has 79 heavy (non-hydrogen) atoms. The second-order valence-corrected chi connectivity index (χ2v) is 22.0. The van der Waals surface area contributed by atoms with Crippen LogP contribution in [0.5, 0.6) is 0 Å². The van der Waals surface area contributed by atoms with E-state index in [0.717, 1.165) is 116 Å². The Morgan fingerprint density at radius 1 is 0.266 bits per heavy atom. The van der Waals surface area contributed by atoms with Crippen LogP contribution in [0.2, 0.25) is 0 Å². The molecule has 0 radical (unpaired) electrons. The van der Waals surface area contributed by atoms with Crippen LogP contribution in [-0.4, -0.2) is 37.2 Å². The van der Waals surface area contributed by atoms with Gasteiger partial charge in [0.15, 0.2) is 6.10 Å². The minimum atomic E-state index is -0.788. The van der Waals surface area contributed by atoms with Gasteiger partial charge < -0.3 is 14.2 Å². The maximum Gasteiger partial charge on any atom is 0.306 e.